The molecule has 1 amide bonds. The van der Waals surface area contributed by atoms with Gasteiger partial charge < -0.3 is 14.8 Å². The van der Waals surface area contributed by atoms with E-state index in [-0.39, 0.29) is 34.2 Å². The lowest BCUT2D eigenvalue weighted by molar-refractivity contribution is -0.123. The zero-order valence-corrected chi connectivity index (χ0v) is 14.8. The second-order valence-corrected chi connectivity index (χ2v) is 7.12. The van der Waals surface area contributed by atoms with Crippen LogP contribution in [0.4, 0.5) is 0 Å². The highest BCUT2D eigenvalue weighted by molar-refractivity contribution is 7.89. The first kappa shape index (κ1) is 19.7. The predicted molar refractivity (Wildman–Crippen MR) is 87.3 cm³/mol. The van der Waals surface area contributed by atoms with Crippen molar-refractivity contribution in [2.45, 2.75) is 24.8 Å². The third kappa shape index (κ3) is 6.74. The number of ether oxygens (including phenoxy) is 2. The third-order valence-corrected chi connectivity index (χ3v) is 4.54. The first-order valence-corrected chi connectivity index (χ1v) is 8.82. The van der Waals surface area contributed by atoms with Crippen molar-refractivity contribution in [3.05, 3.63) is 23.2 Å². The van der Waals surface area contributed by atoms with Gasteiger partial charge in [0.1, 0.15) is 5.75 Å². The van der Waals surface area contributed by atoms with Crippen molar-refractivity contribution >= 4 is 27.5 Å². The van der Waals surface area contributed by atoms with Crippen LogP contribution >= 0.6 is 11.6 Å². The van der Waals surface area contributed by atoms with Crippen LogP contribution in [0.3, 0.4) is 0 Å². The first-order valence-electron chi connectivity index (χ1n) is 6.96. The van der Waals surface area contributed by atoms with Crippen molar-refractivity contribution in [3.8, 4) is 5.75 Å². The van der Waals surface area contributed by atoms with Gasteiger partial charge >= 0.3 is 0 Å². The average Bonchev–Trinajstić information content (AvgIpc) is 2.44. The van der Waals surface area contributed by atoms with E-state index in [4.69, 9.17) is 21.1 Å². The Morgan fingerprint density at radius 2 is 2.04 bits per heavy atom. The molecule has 0 atom stereocenters. The topological polar surface area (TPSA) is 93.7 Å². The van der Waals surface area contributed by atoms with E-state index in [1.165, 1.54) is 25.3 Å². The maximum atomic E-state index is 12.0. The Balaban J connectivity index is 2.68. The molecule has 0 aliphatic heterocycles. The van der Waals surface area contributed by atoms with Gasteiger partial charge in [-0.25, -0.2) is 13.1 Å². The summed E-state index contributed by atoms with van der Waals surface area (Å²) in [6.07, 6.45) is 0. The van der Waals surface area contributed by atoms with E-state index in [2.05, 4.69) is 10.0 Å². The predicted octanol–water partition coefficient (Wildman–Crippen LogP) is 1.17. The molecule has 0 bridgehead atoms. The first-order chi connectivity index (χ1) is 10.8. The van der Waals surface area contributed by atoms with Gasteiger partial charge in [0, 0.05) is 19.7 Å². The van der Waals surface area contributed by atoms with E-state index in [1.54, 1.807) is 13.8 Å². The Morgan fingerprint density at radius 1 is 1.35 bits per heavy atom. The zero-order valence-electron chi connectivity index (χ0n) is 13.3. The highest BCUT2D eigenvalue weighted by Gasteiger charge is 2.17. The molecule has 0 heterocycles. The summed E-state index contributed by atoms with van der Waals surface area (Å²) in [5, 5.41) is 2.70. The van der Waals surface area contributed by atoms with E-state index in [0.29, 0.717) is 13.2 Å². The average molecular weight is 365 g/mol. The Labute approximate surface area is 141 Å². The van der Waals surface area contributed by atoms with Crippen molar-refractivity contribution in [3.63, 3.8) is 0 Å². The molecule has 1 aromatic carbocycles. The number of nitrogens with one attached hydrogen (secondary N) is 2. The Hall–Kier alpha value is -1.35. The smallest absolute Gasteiger partial charge is 0.258 e. The fraction of sp³-hybridized carbons (Fsp3) is 0.500. The Bertz CT molecular complexity index is 634. The SMILES string of the molecule is COCCNC(=O)COc1ccc(S(=O)(=O)NC(C)C)cc1Cl. The second kappa shape index (κ2) is 9.07. The summed E-state index contributed by atoms with van der Waals surface area (Å²) < 4.78 is 36.6. The molecule has 0 saturated heterocycles. The summed E-state index contributed by atoms with van der Waals surface area (Å²) in [7, 11) is -2.09. The second-order valence-electron chi connectivity index (χ2n) is 5.00. The number of carbonyl (C=O) groups is 1. The van der Waals surface area contributed by atoms with Crippen LogP contribution in [0.25, 0.3) is 0 Å². The van der Waals surface area contributed by atoms with Gasteiger partial charge in [-0.3, -0.25) is 4.79 Å². The van der Waals surface area contributed by atoms with Gasteiger partial charge in [-0.2, -0.15) is 0 Å². The van der Waals surface area contributed by atoms with E-state index < -0.39 is 10.0 Å². The summed E-state index contributed by atoms with van der Waals surface area (Å²) in [6, 6.07) is 3.84. The molecule has 0 aliphatic carbocycles. The molecule has 1 rings (SSSR count). The quantitative estimate of drug-likeness (QED) is 0.641. The molecule has 0 fully saturated rings. The third-order valence-electron chi connectivity index (χ3n) is 2.59. The normalized spacial score (nSPS) is 11.5. The van der Waals surface area contributed by atoms with Crippen LogP contribution in [0.5, 0.6) is 5.75 Å². The van der Waals surface area contributed by atoms with Crippen molar-refractivity contribution in [1.82, 2.24) is 10.0 Å². The van der Waals surface area contributed by atoms with Gasteiger partial charge in [0.2, 0.25) is 10.0 Å². The van der Waals surface area contributed by atoms with E-state index in [1.807, 2.05) is 0 Å². The van der Waals surface area contributed by atoms with Crippen molar-refractivity contribution < 1.29 is 22.7 Å². The number of methoxy groups -OCH3 is 1. The molecule has 0 aliphatic rings. The van der Waals surface area contributed by atoms with Crippen LogP contribution in [0.1, 0.15) is 13.8 Å². The van der Waals surface area contributed by atoms with Gasteiger partial charge in [0.25, 0.3) is 5.91 Å². The van der Waals surface area contributed by atoms with Crippen LogP contribution in [0.2, 0.25) is 5.02 Å². The highest BCUT2D eigenvalue weighted by Crippen LogP contribution is 2.27. The van der Waals surface area contributed by atoms with Crippen molar-refractivity contribution in [2.75, 3.05) is 26.9 Å². The molecule has 0 radical (unpaired) electrons. The number of rotatable bonds is 9. The summed E-state index contributed by atoms with van der Waals surface area (Å²) >= 11 is 6.01. The minimum atomic E-state index is -3.63. The van der Waals surface area contributed by atoms with Crippen LogP contribution in [0.15, 0.2) is 23.1 Å². The molecular weight excluding hydrogens is 344 g/mol. The van der Waals surface area contributed by atoms with E-state index >= 15 is 0 Å². The maximum Gasteiger partial charge on any atom is 0.258 e. The molecule has 0 saturated carbocycles. The number of hydrogen-bond donors (Lipinski definition) is 2. The zero-order chi connectivity index (χ0) is 17.5. The van der Waals surface area contributed by atoms with Gasteiger partial charge in [-0.05, 0) is 32.0 Å². The molecule has 23 heavy (non-hydrogen) atoms. The molecule has 7 nitrogen and oxygen atoms in total. The molecule has 130 valence electrons. The molecule has 2 N–H and O–H groups in total. The monoisotopic (exact) mass is 364 g/mol. The Kier molecular flexibility index (Phi) is 7.77. The number of hydrogen-bond acceptors (Lipinski definition) is 5. The molecule has 0 aromatic heterocycles. The number of carbonyl (C=O) groups excluding carboxylic acids is 1. The van der Waals surface area contributed by atoms with Crippen molar-refractivity contribution in [1.29, 1.82) is 0 Å². The lowest BCUT2D eigenvalue weighted by Gasteiger charge is -2.12. The van der Waals surface area contributed by atoms with Gasteiger partial charge in [0.05, 0.1) is 16.5 Å². The molecule has 0 unspecified atom stereocenters. The van der Waals surface area contributed by atoms with Gasteiger partial charge in [-0.1, -0.05) is 11.6 Å². The van der Waals surface area contributed by atoms with Gasteiger partial charge in [0.15, 0.2) is 6.61 Å². The summed E-state index contributed by atoms with van der Waals surface area (Å²) in [5.41, 5.74) is 0. The van der Waals surface area contributed by atoms with Gasteiger partial charge in [-0.15, -0.1) is 0 Å². The number of benzene rings is 1. The lowest BCUT2D eigenvalue weighted by Crippen LogP contribution is -2.31. The summed E-state index contributed by atoms with van der Waals surface area (Å²) in [5.74, 6) is -0.0895. The Morgan fingerprint density at radius 3 is 2.61 bits per heavy atom. The van der Waals surface area contributed by atoms with Crippen LogP contribution < -0.4 is 14.8 Å². The number of sulfonamides is 1. The van der Waals surface area contributed by atoms with E-state index in [9.17, 15) is 13.2 Å². The summed E-state index contributed by atoms with van der Waals surface area (Å²) in [6.45, 7) is 4.00. The highest BCUT2D eigenvalue weighted by atomic mass is 35.5. The van der Waals surface area contributed by atoms with E-state index in [0.717, 1.165) is 0 Å². The molecular formula is C14H21ClN2O5S. The fourth-order valence-electron chi connectivity index (χ4n) is 1.63. The van der Waals surface area contributed by atoms with Crippen LogP contribution in [-0.4, -0.2) is 47.2 Å². The molecule has 9 heteroatoms. The summed E-state index contributed by atoms with van der Waals surface area (Å²) in [4.78, 5) is 11.5. The van der Waals surface area contributed by atoms with Crippen LogP contribution in [0, 0.1) is 0 Å². The minimum absolute atomic E-state index is 0.0353. The standard InChI is InChI=1S/C14H21ClN2O5S/c1-10(2)17-23(19,20)11-4-5-13(12(15)8-11)22-9-14(18)16-6-7-21-3/h4-5,8,10,17H,6-7,9H2,1-3H3,(H,16,18). The largest absolute Gasteiger partial charge is 0.482 e. The number of halogens is 1. The van der Waals surface area contributed by atoms with Crippen molar-refractivity contribution in [2.24, 2.45) is 0 Å². The molecule has 1 aromatic rings. The molecule has 0 spiro atoms. The fourth-order valence-corrected chi connectivity index (χ4v) is 3.21. The maximum absolute atomic E-state index is 12.0. The number of amides is 1. The van der Waals surface area contributed by atoms with Crippen LogP contribution in [-0.2, 0) is 19.6 Å². The lowest BCUT2D eigenvalue weighted by atomic mass is 10.3. The minimum Gasteiger partial charge on any atom is -0.482 e.